The average molecular weight is 496 g/mol. The first-order chi connectivity index (χ1) is 15.5. The molecule has 1 fully saturated rings. The fourth-order valence-electron chi connectivity index (χ4n) is 3.57. The summed E-state index contributed by atoms with van der Waals surface area (Å²) in [6.07, 6.45) is -1.64. The van der Waals surface area contributed by atoms with Crippen LogP contribution in [-0.2, 0) is 19.5 Å². The second-order valence-electron chi connectivity index (χ2n) is 7.86. The molecule has 0 bridgehead atoms. The predicted molar refractivity (Wildman–Crippen MR) is 122 cm³/mol. The minimum atomic E-state index is -3.97. The second kappa shape index (κ2) is 10.2. The van der Waals surface area contributed by atoms with Crippen molar-refractivity contribution in [3.05, 3.63) is 58.6 Å². The van der Waals surface area contributed by atoms with Crippen LogP contribution in [0.15, 0.2) is 47.4 Å². The summed E-state index contributed by atoms with van der Waals surface area (Å²) in [4.78, 5) is 25.1. The number of Topliss-reactive ketones (excluding diaryl/α,β-unsaturated/α-hetero) is 1. The number of morpholine rings is 1. The zero-order valence-corrected chi connectivity index (χ0v) is 20.4. The Bertz CT molecular complexity index is 1120. The molecule has 3 atom stereocenters. The van der Waals surface area contributed by atoms with E-state index >= 15 is 0 Å². The smallest absolute Gasteiger partial charge is 0.338 e. The number of methoxy groups -OCH3 is 1. The van der Waals surface area contributed by atoms with Gasteiger partial charge in [0.2, 0.25) is 15.8 Å². The lowest BCUT2D eigenvalue weighted by Crippen LogP contribution is -2.48. The highest BCUT2D eigenvalue weighted by Gasteiger charge is 2.34. The molecule has 10 heteroatoms. The monoisotopic (exact) mass is 495 g/mol. The Morgan fingerprint density at radius 3 is 2.21 bits per heavy atom. The molecular weight excluding hydrogens is 470 g/mol. The highest BCUT2D eigenvalue weighted by atomic mass is 35.5. The van der Waals surface area contributed by atoms with Gasteiger partial charge in [0.25, 0.3) is 0 Å². The molecule has 1 aliphatic rings. The van der Waals surface area contributed by atoms with E-state index < -0.39 is 27.9 Å². The van der Waals surface area contributed by atoms with Gasteiger partial charge in [-0.1, -0.05) is 11.6 Å². The third-order valence-electron chi connectivity index (χ3n) is 5.20. The first-order valence-electron chi connectivity index (χ1n) is 10.4. The van der Waals surface area contributed by atoms with Crippen LogP contribution in [0, 0.1) is 0 Å². The molecule has 0 aliphatic carbocycles. The minimum absolute atomic E-state index is 0.0132. The number of carbonyl (C=O) groups excluding carboxylic acids is 2. The number of ketones is 1. The standard InChI is InChI=1S/C23H26ClNO7S/c1-14-12-25(13-15(2)31-14)33(28,29)21-11-18(7-10-20(21)24)23(27)32-16(3)22(26)17-5-8-19(30-4)9-6-17/h5-11,14-16H,12-13H2,1-4H3. The molecule has 0 aromatic heterocycles. The number of ether oxygens (including phenoxy) is 3. The quantitative estimate of drug-likeness (QED) is 0.427. The zero-order chi connectivity index (χ0) is 24.3. The van der Waals surface area contributed by atoms with Crippen molar-refractivity contribution in [3.63, 3.8) is 0 Å². The van der Waals surface area contributed by atoms with Crippen molar-refractivity contribution in [1.82, 2.24) is 4.31 Å². The lowest BCUT2D eigenvalue weighted by molar-refractivity contribution is -0.0440. The van der Waals surface area contributed by atoms with E-state index in [2.05, 4.69) is 0 Å². The Balaban J connectivity index is 1.79. The molecule has 178 valence electrons. The summed E-state index contributed by atoms with van der Waals surface area (Å²) in [5.74, 6) is -0.638. The van der Waals surface area contributed by atoms with Gasteiger partial charge in [-0.3, -0.25) is 4.79 Å². The fourth-order valence-corrected chi connectivity index (χ4v) is 5.66. The van der Waals surface area contributed by atoms with E-state index in [0.717, 1.165) is 0 Å². The van der Waals surface area contributed by atoms with Gasteiger partial charge >= 0.3 is 5.97 Å². The number of nitrogens with zero attached hydrogens (tertiary/aromatic N) is 1. The molecule has 0 N–H and O–H groups in total. The number of hydrogen-bond donors (Lipinski definition) is 0. The van der Waals surface area contributed by atoms with E-state index in [4.69, 9.17) is 25.8 Å². The largest absolute Gasteiger partial charge is 0.497 e. The Hall–Kier alpha value is -2.46. The van der Waals surface area contributed by atoms with Gasteiger partial charge < -0.3 is 14.2 Å². The van der Waals surface area contributed by atoms with Crippen LogP contribution in [0.1, 0.15) is 41.5 Å². The van der Waals surface area contributed by atoms with Crippen LogP contribution in [0.25, 0.3) is 0 Å². The number of esters is 1. The molecule has 3 rings (SSSR count). The molecule has 8 nitrogen and oxygen atoms in total. The van der Waals surface area contributed by atoms with Gasteiger partial charge in [0.05, 0.1) is 29.9 Å². The van der Waals surface area contributed by atoms with Gasteiger partial charge in [-0.15, -0.1) is 0 Å². The third kappa shape index (κ3) is 5.73. The van der Waals surface area contributed by atoms with Crippen molar-refractivity contribution in [2.45, 2.75) is 44.0 Å². The van der Waals surface area contributed by atoms with Crippen molar-refractivity contribution in [2.75, 3.05) is 20.2 Å². The van der Waals surface area contributed by atoms with E-state index in [-0.39, 0.29) is 40.8 Å². The molecule has 2 aromatic rings. The van der Waals surface area contributed by atoms with Crippen LogP contribution >= 0.6 is 11.6 Å². The van der Waals surface area contributed by atoms with Gasteiger partial charge in [0.1, 0.15) is 10.6 Å². The van der Waals surface area contributed by atoms with Crippen LogP contribution < -0.4 is 4.74 Å². The molecule has 0 saturated carbocycles. The lowest BCUT2D eigenvalue weighted by Gasteiger charge is -2.34. The maximum Gasteiger partial charge on any atom is 0.338 e. The maximum atomic E-state index is 13.2. The minimum Gasteiger partial charge on any atom is -0.497 e. The molecule has 0 amide bonds. The number of sulfonamides is 1. The van der Waals surface area contributed by atoms with E-state index in [1.807, 2.05) is 0 Å². The van der Waals surface area contributed by atoms with Gasteiger partial charge in [-0.2, -0.15) is 4.31 Å². The predicted octanol–water partition coefficient (Wildman–Crippen LogP) is 3.57. The normalized spacial score (nSPS) is 20.2. The Morgan fingerprint density at radius 2 is 1.64 bits per heavy atom. The summed E-state index contributed by atoms with van der Waals surface area (Å²) in [6.45, 7) is 5.37. The average Bonchev–Trinajstić information content (AvgIpc) is 2.78. The molecule has 1 saturated heterocycles. The van der Waals surface area contributed by atoms with Crippen LogP contribution in [0.3, 0.4) is 0 Å². The molecule has 3 unspecified atom stereocenters. The highest BCUT2D eigenvalue weighted by Crippen LogP contribution is 2.28. The number of halogens is 1. The van der Waals surface area contributed by atoms with Crippen molar-refractivity contribution in [2.24, 2.45) is 0 Å². The van der Waals surface area contributed by atoms with Gasteiger partial charge in [0, 0.05) is 18.7 Å². The van der Waals surface area contributed by atoms with Crippen molar-refractivity contribution >= 4 is 33.4 Å². The number of rotatable bonds is 7. The second-order valence-corrected chi connectivity index (χ2v) is 10.2. The SMILES string of the molecule is COc1ccc(C(=O)C(C)OC(=O)c2ccc(Cl)c(S(=O)(=O)N3CC(C)OC(C)C3)c2)cc1. The molecule has 1 aliphatic heterocycles. The van der Waals surface area contributed by atoms with Crippen LogP contribution in [0.2, 0.25) is 5.02 Å². The highest BCUT2D eigenvalue weighted by molar-refractivity contribution is 7.89. The Labute approximate surface area is 198 Å². The summed E-state index contributed by atoms with van der Waals surface area (Å²) < 4.78 is 43.7. The molecule has 33 heavy (non-hydrogen) atoms. The van der Waals surface area contributed by atoms with Crippen molar-refractivity contribution in [3.8, 4) is 5.75 Å². The first kappa shape index (κ1) is 25.2. The van der Waals surface area contributed by atoms with Crippen molar-refractivity contribution < 1.29 is 32.2 Å². The summed E-state index contributed by atoms with van der Waals surface area (Å²) in [6, 6.07) is 10.3. The van der Waals surface area contributed by atoms with E-state index in [1.165, 1.54) is 36.5 Å². The summed E-state index contributed by atoms with van der Waals surface area (Å²) in [7, 11) is -2.46. The molecule has 1 heterocycles. The van der Waals surface area contributed by atoms with E-state index in [0.29, 0.717) is 11.3 Å². The Morgan fingerprint density at radius 1 is 1.06 bits per heavy atom. The zero-order valence-electron chi connectivity index (χ0n) is 18.8. The number of carbonyl (C=O) groups is 2. The van der Waals surface area contributed by atoms with Gasteiger partial charge in [-0.05, 0) is 63.2 Å². The number of benzene rings is 2. The molecule has 0 spiro atoms. The fraction of sp³-hybridized carbons (Fsp3) is 0.391. The maximum absolute atomic E-state index is 13.2. The molecule has 2 aromatic carbocycles. The van der Waals surface area contributed by atoms with Crippen LogP contribution in [0.5, 0.6) is 5.75 Å². The van der Waals surface area contributed by atoms with E-state index in [9.17, 15) is 18.0 Å². The number of hydrogen-bond acceptors (Lipinski definition) is 7. The summed E-state index contributed by atoms with van der Waals surface area (Å²) in [5.41, 5.74) is 0.327. The third-order valence-corrected chi connectivity index (χ3v) is 7.51. The Kier molecular flexibility index (Phi) is 7.79. The first-order valence-corrected chi connectivity index (χ1v) is 12.2. The van der Waals surface area contributed by atoms with Crippen LogP contribution in [-0.4, -0.2) is 63.0 Å². The summed E-state index contributed by atoms with van der Waals surface area (Å²) >= 11 is 6.18. The molecule has 0 radical (unpaired) electrons. The van der Waals surface area contributed by atoms with Crippen LogP contribution in [0.4, 0.5) is 0 Å². The van der Waals surface area contributed by atoms with Gasteiger partial charge in [0.15, 0.2) is 6.10 Å². The molecular formula is C23H26ClNO7S. The lowest BCUT2D eigenvalue weighted by atomic mass is 10.1. The topological polar surface area (TPSA) is 99.2 Å². The van der Waals surface area contributed by atoms with E-state index in [1.54, 1.807) is 38.1 Å². The summed E-state index contributed by atoms with van der Waals surface area (Å²) in [5, 5.41) is -0.0132. The van der Waals surface area contributed by atoms with Crippen molar-refractivity contribution in [1.29, 1.82) is 0 Å². The van der Waals surface area contributed by atoms with Gasteiger partial charge in [-0.25, -0.2) is 13.2 Å².